The van der Waals surface area contributed by atoms with E-state index in [4.69, 9.17) is 4.74 Å². The standard InChI is InChI=1S/C12H19BrN2O3S2/c1-2-18-6-5-15-20(16,17)11-7-10(19-12(11)13)8-14-9-3-4-9/h7,9,14-15H,2-6,8H2,1H3. The van der Waals surface area contributed by atoms with Gasteiger partial charge < -0.3 is 10.1 Å². The largest absolute Gasteiger partial charge is 0.380 e. The van der Waals surface area contributed by atoms with Gasteiger partial charge in [0.25, 0.3) is 0 Å². The van der Waals surface area contributed by atoms with E-state index in [1.807, 2.05) is 6.92 Å². The summed E-state index contributed by atoms with van der Waals surface area (Å²) in [4.78, 5) is 1.33. The highest BCUT2D eigenvalue weighted by Crippen LogP contribution is 2.32. The summed E-state index contributed by atoms with van der Waals surface area (Å²) in [5, 5.41) is 3.38. The number of thiophene rings is 1. The van der Waals surface area contributed by atoms with Crippen LogP contribution in [0.3, 0.4) is 0 Å². The van der Waals surface area contributed by atoms with Crippen LogP contribution in [-0.2, 0) is 21.3 Å². The van der Waals surface area contributed by atoms with Gasteiger partial charge in [0, 0.05) is 30.6 Å². The summed E-state index contributed by atoms with van der Waals surface area (Å²) in [6.45, 7) is 3.86. The maximum atomic E-state index is 12.2. The van der Waals surface area contributed by atoms with Crippen molar-refractivity contribution in [3.05, 3.63) is 14.7 Å². The lowest BCUT2D eigenvalue weighted by Crippen LogP contribution is -2.27. The van der Waals surface area contributed by atoms with Gasteiger partial charge in [-0.3, -0.25) is 0 Å². The molecule has 114 valence electrons. The van der Waals surface area contributed by atoms with Crippen LogP contribution in [0.25, 0.3) is 0 Å². The molecule has 1 aromatic rings. The summed E-state index contributed by atoms with van der Waals surface area (Å²) >= 11 is 4.80. The SMILES string of the molecule is CCOCCNS(=O)(=O)c1cc(CNC2CC2)sc1Br. The summed E-state index contributed by atoms with van der Waals surface area (Å²) in [5.41, 5.74) is 0. The van der Waals surface area contributed by atoms with E-state index in [9.17, 15) is 8.42 Å². The molecule has 1 heterocycles. The third-order valence-electron chi connectivity index (χ3n) is 2.88. The van der Waals surface area contributed by atoms with Gasteiger partial charge in [-0.2, -0.15) is 0 Å². The van der Waals surface area contributed by atoms with Gasteiger partial charge in [0.1, 0.15) is 4.90 Å². The molecule has 2 rings (SSSR count). The van der Waals surface area contributed by atoms with Crippen molar-refractivity contribution in [2.45, 2.75) is 37.2 Å². The lowest BCUT2D eigenvalue weighted by Gasteiger charge is -2.05. The van der Waals surface area contributed by atoms with E-state index < -0.39 is 10.0 Å². The second kappa shape index (κ2) is 7.33. The van der Waals surface area contributed by atoms with E-state index in [2.05, 4.69) is 26.0 Å². The molecule has 0 aromatic carbocycles. The van der Waals surface area contributed by atoms with Crippen molar-refractivity contribution in [1.29, 1.82) is 0 Å². The molecule has 1 fully saturated rings. The maximum Gasteiger partial charge on any atom is 0.242 e. The Morgan fingerprint density at radius 1 is 1.50 bits per heavy atom. The van der Waals surface area contributed by atoms with E-state index in [0.717, 1.165) is 11.4 Å². The second-order valence-electron chi connectivity index (χ2n) is 4.60. The van der Waals surface area contributed by atoms with Crippen LogP contribution in [0.15, 0.2) is 14.7 Å². The van der Waals surface area contributed by atoms with Crippen LogP contribution in [0.1, 0.15) is 24.6 Å². The summed E-state index contributed by atoms with van der Waals surface area (Å²) in [6.07, 6.45) is 2.44. The summed E-state index contributed by atoms with van der Waals surface area (Å²) < 4.78 is 32.7. The lowest BCUT2D eigenvalue weighted by atomic mass is 10.4. The minimum atomic E-state index is -3.47. The zero-order valence-corrected chi connectivity index (χ0v) is 14.5. The van der Waals surface area contributed by atoms with Crippen molar-refractivity contribution in [2.24, 2.45) is 0 Å². The fourth-order valence-corrected chi connectivity index (χ4v) is 5.32. The fraction of sp³-hybridized carbons (Fsp3) is 0.667. The molecule has 1 aliphatic rings. The number of hydrogen-bond donors (Lipinski definition) is 2. The third-order valence-corrected chi connectivity index (χ3v) is 6.59. The van der Waals surface area contributed by atoms with Gasteiger partial charge in [-0.1, -0.05) is 0 Å². The van der Waals surface area contributed by atoms with E-state index in [0.29, 0.717) is 27.9 Å². The zero-order valence-electron chi connectivity index (χ0n) is 11.3. The van der Waals surface area contributed by atoms with Crippen LogP contribution in [0.4, 0.5) is 0 Å². The normalized spacial score (nSPS) is 15.7. The quantitative estimate of drug-likeness (QED) is 0.641. The number of rotatable bonds is 9. The van der Waals surface area contributed by atoms with Gasteiger partial charge >= 0.3 is 0 Å². The zero-order chi connectivity index (χ0) is 14.6. The first-order valence-corrected chi connectivity index (χ1v) is 9.71. The van der Waals surface area contributed by atoms with Crippen LogP contribution >= 0.6 is 27.3 Å². The van der Waals surface area contributed by atoms with Gasteiger partial charge in [-0.15, -0.1) is 11.3 Å². The molecule has 0 unspecified atom stereocenters. The Morgan fingerprint density at radius 2 is 2.25 bits per heavy atom. The highest BCUT2D eigenvalue weighted by molar-refractivity contribution is 9.11. The first-order chi connectivity index (χ1) is 9.53. The van der Waals surface area contributed by atoms with Crippen molar-refractivity contribution in [3.8, 4) is 0 Å². The molecule has 1 saturated carbocycles. The Morgan fingerprint density at radius 3 is 2.90 bits per heavy atom. The Balaban J connectivity index is 1.94. The minimum absolute atomic E-state index is 0.286. The van der Waals surface area contributed by atoms with Crippen LogP contribution in [0.5, 0.6) is 0 Å². The van der Waals surface area contributed by atoms with Gasteiger partial charge in [0.2, 0.25) is 10.0 Å². The predicted octanol–water partition coefficient (Wildman–Crippen LogP) is 2.08. The molecular formula is C12H19BrN2O3S2. The number of sulfonamides is 1. The number of nitrogens with one attached hydrogen (secondary N) is 2. The van der Waals surface area contributed by atoms with E-state index >= 15 is 0 Å². The molecule has 0 radical (unpaired) electrons. The highest BCUT2D eigenvalue weighted by atomic mass is 79.9. The predicted molar refractivity (Wildman–Crippen MR) is 83.6 cm³/mol. The average molecular weight is 383 g/mol. The fourth-order valence-electron chi connectivity index (χ4n) is 1.67. The van der Waals surface area contributed by atoms with Crippen molar-refractivity contribution >= 4 is 37.3 Å². The summed E-state index contributed by atoms with van der Waals surface area (Å²) in [5.74, 6) is 0. The Labute approximate surface area is 132 Å². The van der Waals surface area contributed by atoms with Crippen molar-refractivity contribution < 1.29 is 13.2 Å². The molecule has 5 nitrogen and oxygen atoms in total. The molecule has 0 atom stereocenters. The topological polar surface area (TPSA) is 67.4 Å². The molecule has 1 aliphatic carbocycles. The van der Waals surface area contributed by atoms with Gasteiger partial charge in [0.05, 0.1) is 10.4 Å². The van der Waals surface area contributed by atoms with Crippen LogP contribution in [-0.4, -0.2) is 34.2 Å². The number of hydrogen-bond acceptors (Lipinski definition) is 5. The molecule has 0 spiro atoms. The highest BCUT2D eigenvalue weighted by Gasteiger charge is 2.23. The van der Waals surface area contributed by atoms with Crippen LogP contribution in [0.2, 0.25) is 0 Å². The Bertz CT molecular complexity index is 541. The van der Waals surface area contributed by atoms with Gasteiger partial charge in [-0.25, -0.2) is 13.1 Å². The Hall–Kier alpha value is 0.01000. The van der Waals surface area contributed by atoms with Crippen LogP contribution in [0, 0.1) is 0 Å². The lowest BCUT2D eigenvalue weighted by molar-refractivity contribution is 0.153. The van der Waals surface area contributed by atoms with E-state index in [1.165, 1.54) is 24.2 Å². The average Bonchev–Trinajstić information content (AvgIpc) is 3.15. The summed E-state index contributed by atoms with van der Waals surface area (Å²) in [6, 6.07) is 2.34. The van der Waals surface area contributed by atoms with E-state index in [-0.39, 0.29) is 6.54 Å². The smallest absolute Gasteiger partial charge is 0.242 e. The summed E-state index contributed by atoms with van der Waals surface area (Å²) in [7, 11) is -3.47. The molecular weight excluding hydrogens is 364 g/mol. The first-order valence-electron chi connectivity index (χ1n) is 6.62. The Kier molecular flexibility index (Phi) is 6.00. The number of ether oxygens (including phenoxy) is 1. The molecule has 0 saturated heterocycles. The first kappa shape index (κ1) is 16.4. The third kappa shape index (κ3) is 4.78. The van der Waals surface area contributed by atoms with Crippen molar-refractivity contribution in [3.63, 3.8) is 0 Å². The molecule has 0 amide bonds. The monoisotopic (exact) mass is 382 g/mol. The van der Waals surface area contributed by atoms with Crippen molar-refractivity contribution in [2.75, 3.05) is 19.8 Å². The minimum Gasteiger partial charge on any atom is -0.380 e. The van der Waals surface area contributed by atoms with Crippen molar-refractivity contribution in [1.82, 2.24) is 10.0 Å². The number of halogens is 1. The second-order valence-corrected chi connectivity index (χ2v) is 8.79. The molecule has 8 heteroatoms. The van der Waals surface area contributed by atoms with Gasteiger partial charge in [-0.05, 0) is 41.8 Å². The molecule has 20 heavy (non-hydrogen) atoms. The maximum absolute atomic E-state index is 12.2. The van der Waals surface area contributed by atoms with Gasteiger partial charge in [0.15, 0.2) is 0 Å². The van der Waals surface area contributed by atoms with Crippen LogP contribution < -0.4 is 10.0 Å². The molecule has 0 bridgehead atoms. The molecule has 1 aromatic heterocycles. The van der Waals surface area contributed by atoms with E-state index in [1.54, 1.807) is 6.07 Å². The molecule has 0 aliphatic heterocycles. The molecule has 2 N–H and O–H groups in total.